The van der Waals surface area contributed by atoms with Crippen LogP contribution in [0.5, 0.6) is 23.0 Å². The Bertz CT molecular complexity index is 1370. The predicted molar refractivity (Wildman–Crippen MR) is 126 cm³/mol. The third-order valence-electron chi connectivity index (χ3n) is 5.03. The van der Waals surface area contributed by atoms with Gasteiger partial charge in [0.1, 0.15) is 29.1 Å². The molecule has 0 spiro atoms. The van der Waals surface area contributed by atoms with E-state index in [-0.39, 0.29) is 16.9 Å². The normalized spacial score (nSPS) is 11.0. The van der Waals surface area contributed by atoms with Gasteiger partial charge >= 0.3 is 5.97 Å². The van der Waals surface area contributed by atoms with Gasteiger partial charge in [0.05, 0.1) is 12.5 Å². The topological polar surface area (TPSA) is 75.0 Å². The van der Waals surface area contributed by atoms with Gasteiger partial charge in [-0.1, -0.05) is 37.3 Å². The zero-order chi connectivity index (χ0) is 23.2. The molecule has 0 bridgehead atoms. The molecule has 3 aromatic carbocycles. The summed E-state index contributed by atoms with van der Waals surface area (Å²) in [6, 6.07) is 19.4. The van der Waals surface area contributed by atoms with Crippen molar-refractivity contribution in [2.45, 2.75) is 13.3 Å². The summed E-state index contributed by atoms with van der Waals surface area (Å²) < 4.78 is 21.9. The van der Waals surface area contributed by atoms with E-state index < -0.39 is 5.97 Å². The largest absolute Gasteiger partial charge is 0.497 e. The van der Waals surface area contributed by atoms with Crippen molar-refractivity contribution < 1.29 is 23.4 Å². The molecule has 4 rings (SSSR count). The highest BCUT2D eigenvalue weighted by molar-refractivity contribution is 5.89. The van der Waals surface area contributed by atoms with Crippen LogP contribution >= 0.6 is 0 Å². The molecule has 166 valence electrons. The number of rotatable bonds is 7. The first-order chi connectivity index (χ1) is 16.1. The summed E-state index contributed by atoms with van der Waals surface area (Å²) in [7, 11) is 1.59. The van der Waals surface area contributed by atoms with Gasteiger partial charge in [0.2, 0.25) is 11.2 Å². The molecule has 0 aliphatic heterocycles. The summed E-state index contributed by atoms with van der Waals surface area (Å²) in [6.07, 6.45) is 5.01. The van der Waals surface area contributed by atoms with Crippen molar-refractivity contribution in [2.75, 3.05) is 7.11 Å². The van der Waals surface area contributed by atoms with Crippen LogP contribution in [0.15, 0.2) is 88.3 Å². The van der Waals surface area contributed by atoms with Crippen molar-refractivity contribution in [3.63, 3.8) is 0 Å². The number of methoxy groups -OCH3 is 1. The highest BCUT2D eigenvalue weighted by Crippen LogP contribution is 2.26. The Kier molecular flexibility index (Phi) is 6.55. The molecule has 0 fully saturated rings. The lowest BCUT2D eigenvalue weighted by Crippen LogP contribution is -2.07. The quantitative estimate of drug-likeness (QED) is 0.205. The number of hydrogen-bond acceptors (Lipinski definition) is 6. The van der Waals surface area contributed by atoms with Crippen molar-refractivity contribution in [1.82, 2.24) is 0 Å². The summed E-state index contributed by atoms with van der Waals surface area (Å²) >= 11 is 0. The van der Waals surface area contributed by atoms with Crippen molar-refractivity contribution in [3.05, 3.63) is 100 Å². The van der Waals surface area contributed by atoms with E-state index in [0.717, 1.165) is 23.3 Å². The van der Waals surface area contributed by atoms with Crippen LogP contribution in [0, 0.1) is 0 Å². The van der Waals surface area contributed by atoms with Crippen LogP contribution in [0.3, 0.4) is 0 Å². The Morgan fingerprint density at radius 1 is 0.970 bits per heavy atom. The van der Waals surface area contributed by atoms with Crippen molar-refractivity contribution in [1.29, 1.82) is 0 Å². The zero-order valence-corrected chi connectivity index (χ0v) is 18.2. The molecule has 1 aromatic heterocycles. The van der Waals surface area contributed by atoms with Crippen LogP contribution in [0.4, 0.5) is 0 Å². The highest BCUT2D eigenvalue weighted by Gasteiger charge is 2.12. The second-order valence-corrected chi connectivity index (χ2v) is 7.18. The van der Waals surface area contributed by atoms with Crippen LogP contribution in [-0.2, 0) is 11.2 Å². The number of para-hydroxylation sites is 1. The molecule has 6 heteroatoms. The van der Waals surface area contributed by atoms with Gasteiger partial charge in [0.25, 0.3) is 0 Å². The molecule has 0 saturated heterocycles. The number of ether oxygens (including phenoxy) is 3. The molecule has 0 N–H and O–H groups in total. The standard InChI is InChI=1S/C27H22O6/c1-3-19-6-4-5-7-23(19)33-25-17-31-24-16-21(13-14-22(24)27(25)29)32-26(28)15-10-18-8-11-20(30-2)12-9-18/h4-17H,3H2,1-2H3. The van der Waals surface area contributed by atoms with Crippen molar-refractivity contribution in [3.8, 4) is 23.0 Å². The van der Waals surface area contributed by atoms with Crippen LogP contribution < -0.4 is 19.6 Å². The fourth-order valence-electron chi connectivity index (χ4n) is 3.27. The molecule has 4 aromatic rings. The van der Waals surface area contributed by atoms with Crippen LogP contribution in [-0.4, -0.2) is 13.1 Å². The Labute approximate surface area is 190 Å². The monoisotopic (exact) mass is 442 g/mol. The molecule has 6 nitrogen and oxygen atoms in total. The Morgan fingerprint density at radius 3 is 2.48 bits per heavy atom. The SMILES string of the molecule is CCc1ccccc1Oc1coc2cc(OC(=O)C=Cc3ccc(OC)cc3)ccc2c1=O. The average molecular weight is 442 g/mol. The first-order valence-electron chi connectivity index (χ1n) is 10.4. The lowest BCUT2D eigenvalue weighted by atomic mass is 10.1. The number of benzene rings is 3. The Morgan fingerprint density at radius 2 is 1.73 bits per heavy atom. The molecule has 0 unspecified atom stereocenters. The third kappa shape index (κ3) is 5.13. The maximum absolute atomic E-state index is 12.9. The molecule has 0 saturated carbocycles. The van der Waals surface area contributed by atoms with Gasteiger partial charge in [-0.25, -0.2) is 4.79 Å². The third-order valence-corrected chi connectivity index (χ3v) is 5.03. The van der Waals surface area contributed by atoms with Crippen LogP contribution in [0.1, 0.15) is 18.1 Å². The minimum atomic E-state index is -0.552. The molecule has 0 radical (unpaired) electrons. The number of carbonyl (C=O) groups is 1. The van der Waals surface area contributed by atoms with Gasteiger partial charge in [-0.3, -0.25) is 4.79 Å². The first-order valence-corrected chi connectivity index (χ1v) is 10.4. The van der Waals surface area contributed by atoms with E-state index in [1.54, 1.807) is 37.5 Å². The van der Waals surface area contributed by atoms with Gasteiger partial charge in [-0.2, -0.15) is 0 Å². The van der Waals surface area contributed by atoms with E-state index in [4.69, 9.17) is 18.6 Å². The van der Waals surface area contributed by atoms with Crippen molar-refractivity contribution >= 4 is 23.0 Å². The summed E-state index contributed by atoms with van der Waals surface area (Å²) in [5.74, 6) is 1.15. The molecular formula is C27H22O6. The summed E-state index contributed by atoms with van der Waals surface area (Å²) in [5, 5.41) is 0.329. The van der Waals surface area contributed by atoms with Gasteiger partial charge < -0.3 is 18.6 Å². The zero-order valence-electron chi connectivity index (χ0n) is 18.2. The fourth-order valence-corrected chi connectivity index (χ4v) is 3.27. The second kappa shape index (κ2) is 9.87. The van der Waals surface area contributed by atoms with E-state index in [1.807, 2.05) is 43.3 Å². The molecule has 0 atom stereocenters. The summed E-state index contributed by atoms with van der Waals surface area (Å²) in [5.41, 5.74) is 1.80. The Balaban J connectivity index is 1.50. The molecule has 1 heterocycles. The smallest absolute Gasteiger partial charge is 0.336 e. The maximum Gasteiger partial charge on any atom is 0.336 e. The second-order valence-electron chi connectivity index (χ2n) is 7.18. The van der Waals surface area contributed by atoms with E-state index in [1.165, 1.54) is 18.4 Å². The fraction of sp³-hybridized carbons (Fsp3) is 0.111. The number of fused-ring (bicyclic) bond motifs is 1. The number of esters is 1. The van der Waals surface area contributed by atoms with E-state index in [2.05, 4.69) is 0 Å². The lowest BCUT2D eigenvalue weighted by Gasteiger charge is -2.09. The van der Waals surface area contributed by atoms with E-state index in [0.29, 0.717) is 16.7 Å². The molecule has 0 amide bonds. The lowest BCUT2D eigenvalue weighted by molar-refractivity contribution is -0.128. The minimum absolute atomic E-state index is 0.0931. The van der Waals surface area contributed by atoms with E-state index >= 15 is 0 Å². The molecule has 33 heavy (non-hydrogen) atoms. The van der Waals surface area contributed by atoms with E-state index in [9.17, 15) is 9.59 Å². The van der Waals surface area contributed by atoms with Crippen molar-refractivity contribution in [2.24, 2.45) is 0 Å². The predicted octanol–water partition coefficient (Wildman–Crippen LogP) is 5.78. The van der Waals surface area contributed by atoms with Crippen LogP contribution in [0.25, 0.3) is 17.0 Å². The molecule has 0 aliphatic rings. The minimum Gasteiger partial charge on any atom is -0.497 e. The van der Waals surface area contributed by atoms with Gasteiger partial charge in [-0.05, 0) is 54.0 Å². The van der Waals surface area contributed by atoms with Gasteiger partial charge in [-0.15, -0.1) is 0 Å². The molecular weight excluding hydrogens is 420 g/mol. The van der Waals surface area contributed by atoms with Gasteiger partial charge in [0, 0.05) is 12.1 Å². The first kappa shape index (κ1) is 21.9. The molecule has 0 aliphatic carbocycles. The van der Waals surface area contributed by atoms with Crippen LogP contribution in [0.2, 0.25) is 0 Å². The summed E-state index contributed by atoms with van der Waals surface area (Å²) in [6.45, 7) is 2.01. The summed E-state index contributed by atoms with van der Waals surface area (Å²) in [4.78, 5) is 25.0. The van der Waals surface area contributed by atoms with Gasteiger partial charge in [0.15, 0.2) is 0 Å². The maximum atomic E-state index is 12.9. The average Bonchev–Trinajstić information content (AvgIpc) is 2.85. The highest BCUT2D eigenvalue weighted by atomic mass is 16.5. The Hall–Kier alpha value is -4.32. The number of hydrogen-bond donors (Lipinski definition) is 0. The number of carbonyl (C=O) groups excluding carboxylic acids is 1. The number of aryl methyl sites for hydroxylation is 1.